The molecule has 4 heteroatoms. The molecule has 1 atom stereocenters. The SMILES string of the molecule is Cc1ccc2c(c1C)N(CC(C)CNC(C)C)C(=O)C2=O. The van der Waals surface area contributed by atoms with Crippen molar-refractivity contribution in [3.8, 4) is 0 Å². The van der Waals surface area contributed by atoms with Crippen molar-refractivity contribution in [2.45, 2.75) is 40.7 Å². The van der Waals surface area contributed by atoms with Gasteiger partial charge in [-0.2, -0.15) is 0 Å². The Morgan fingerprint density at radius 1 is 1.14 bits per heavy atom. The lowest BCUT2D eigenvalue weighted by Crippen LogP contribution is -2.38. The normalized spacial score (nSPS) is 15.8. The predicted octanol–water partition coefficient (Wildman–Crippen LogP) is 2.47. The Hall–Kier alpha value is -1.68. The number of hydrogen-bond acceptors (Lipinski definition) is 3. The van der Waals surface area contributed by atoms with Crippen LogP contribution in [0.2, 0.25) is 0 Å². The summed E-state index contributed by atoms with van der Waals surface area (Å²) in [6, 6.07) is 4.10. The number of anilines is 1. The Labute approximate surface area is 126 Å². The molecule has 0 aliphatic carbocycles. The molecular weight excluding hydrogens is 264 g/mol. The molecule has 0 radical (unpaired) electrons. The predicted molar refractivity (Wildman–Crippen MR) is 84.9 cm³/mol. The quantitative estimate of drug-likeness (QED) is 0.847. The number of ketones is 1. The van der Waals surface area contributed by atoms with E-state index in [9.17, 15) is 9.59 Å². The summed E-state index contributed by atoms with van der Waals surface area (Å²) in [6.07, 6.45) is 0. The lowest BCUT2D eigenvalue weighted by atomic mass is 10.0. The molecule has 1 amide bonds. The van der Waals surface area contributed by atoms with Gasteiger partial charge in [0, 0.05) is 12.6 Å². The molecule has 21 heavy (non-hydrogen) atoms. The zero-order valence-electron chi connectivity index (χ0n) is 13.5. The molecule has 1 unspecified atom stereocenters. The van der Waals surface area contributed by atoms with Crippen LogP contribution in [0, 0.1) is 19.8 Å². The van der Waals surface area contributed by atoms with Crippen LogP contribution in [-0.2, 0) is 4.79 Å². The molecular formula is C17H24N2O2. The van der Waals surface area contributed by atoms with Crippen molar-refractivity contribution in [1.29, 1.82) is 0 Å². The summed E-state index contributed by atoms with van der Waals surface area (Å²) in [6.45, 7) is 11.7. The van der Waals surface area contributed by atoms with Crippen LogP contribution >= 0.6 is 0 Å². The average Bonchev–Trinajstić information content (AvgIpc) is 2.66. The molecule has 4 nitrogen and oxygen atoms in total. The number of nitrogens with one attached hydrogen (secondary N) is 1. The van der Waals surface area contributed by atoms with Gasteiger partial charge in [0.15, 0.2) is 0 Å². The molecule has 0 bridgehead atoms. The average molecular weight is 288 g/mol. The number of rotatable bonds is 5. The Balaban J connectivity index is 2.24. The number of benzene rings is 1. The molecule has 0 spiro atoms. The number of carbonyl (C=O) groups excluding carboxylic acids is 2. The first-order valence-corrected chi connectivity index (χ1v) is 7.52. The molecule has 2 rings (SSSR count). The van der Waals surface area contributed by atoms with Crippen LogP contribution in [-0.4, -0.2) is 30.8 Å². The molecule has 114 valence electrons. The van der Waals surface area contributed by atoms with Gasteiger partial charge >= 0.3 is 0 Å². The first-order valence-electron chi connectivity index (χ1n) is 7.52. The first-order chi connectivity index (χ1) is 9.82. The molecule has 0 fully saturated rings. The van der Waals surface area contributed by atoms with Gasteiger partial charge in [-0.3, -0.25) is 9.59 Å². The van der Waals surface area contributed by atoms with Gasteiger partial charge in [0.2, 0.25) is 0 Å². The van der Waals surface area contributed by atoms with Crippen LogP contribution in [0.25, 0.3) is 0 Å². The number of amides is 1. The van der Waals surface area contributed by atoms with Crippen molar-refractivity contribution in [2.24, 2.45) is 5.92 Å². The molecule has 1 aliphatic heterocycles. The van der Waals surface area contributed by atoms with Crippen LogP contribution in [0.3, 0.4) is 0 Å². The third kappa shape index (κ3) is 3.00. The zero-order chi connectivity index (χ0) is 15.7. The maximum absolute atomic E-state index is 12.3. The van der Waals surface area contributed by atoms with Gasteiger partial charge in [0.25, 0.3) is 11.7 Å². The van der Waals surface area contributed by atoms with Gasteiger partial charge < -0.3 is 10.2 Å². The number of carbonyl (C=O) groups is 2. The highest BCUT2D eigenvalue weighted by Gasteiger charge is 2.37. The van der Waals surface area contributed by atoms with Crippen LogP contribution in [0.4, 0.5) is 5.69 Å². The van der Waals surface area contributed by atoms with E-state index in [0.29, 0.717) is 18.2 Å². The Morgan fingerprint density at radius 2 is 1.81 bits per heavy atom. The summed E-state index contributed by atoms with van der Waals surface area (Å²) >= 11 is 0. The van der Waals surface area contributed by atoms with Gasteiger partial charge in [0.05, 0.1) is 11.3 Å². The van der Waals surface area contributed by atoms with E-state index in [1.54, 1.807) is 11.0 Å². The molecule has 1 heterocycles. The second-order valence-electron chi connectivity index (χ2n) is 6.32. The van der Waals surface area contributed by atoms with E-state index in [-0.39, 0.29) is 11.7 Å². The molecule has 1 N–H and O–H groups in total. The molecule has 0 saturated carbocycles. The van der Waals surface area contributed by atoms with E-state index in [4.69, 9.17) is 0 Å². The van der Waals surface area contributed by atoms with Crippen molar-refractivity contribution in [3.63, 3.8) is 0 Å². The summed E-state index contributed by atoms with van der Waals surface area (Å²) in [5.74, 6) is -0.484. The number of Topliss-reactive ketones (excluding diaryl/α,β-unsaturated/α-hetero) is 1. The highest BCUT2D eigenvalue weighted by Crippen LogP contribution is 2.34. The molecule has 0 saturated heterocycles. The van der Waals surface area contributed by atoms with E-state index in [2.05, 4.69) is 26.1 Å². The summed E-state index contributed by atoms with van der Waals surface area (Å²) in [7, 11) is 0. The molecule has 1 aromatic rings. The largest absolute Gasteiger partial charge is 0.314 e. The minimum atomic E-state index is -0.393. The van der Waals surface area contributed by atoms with Gasteiger partial charge in [0.1, 0.15) is 0 Å². The number of hydrogen-bond donors (Lipinski definition) is 1. The fourth-order valence-electron chi connectivity index (χ4n) is 2.66. The maximum Gasteiger partial charge on any atom is 0.299 e. The minimum Gasteiger partial charge on any atom is -0.314 e. The van der Waals surface area contributed by atoms with Crippen molar-refractivity contribution >= 4 is 17.4 Å². The number of fused-ring (bicyclic) bond motifs is 1. The minimum absolute atomic E-state index is 0.287. The Morgan fingerprint density at radius 3 is 2.43 bits per heavy atom. The third-order valence-corrected chi connectivity index (χ3v) is 4.02. The second kappa shape index (κ2) is 5.98. The van der Waals surface area contributed by atoms with Gasteiger partial charge in [-0.15, -0.1) is 0 Å². The second-order valence-corrected chi connectivity index (χ2v) is 6.32. The number of nitrogens with zero attached hydrogens (tertiary/aromatic N) is 1. The summed E-state index contributed by atoms with van der Waals surface area (Å²) < 4.78 is 0. The summed E-state index contributed by atoms with van der Waals surface area (Å²) in [4.78, 5) is 26.0. The van der Waals surface area contributed by atoms with Crippen LogP contribution in [0.15, 0.2) is 12.1 Å². The van der Waals surface area contributed by atoms with Crippen molar-refractivity contribution in [2.75, 3.05) is 18.0 Å². The maximum atomic E-state index is 12.3. The molecule has 0 aromatic heterocycles. The molecule has 1 aromatic carbocycles. The van der Waals surface area contributed by atoms with E-state index in [1.165, 1.54) is 0 Å². The van der Waals surface area contributed by atoms with Gasteiger partial charge in [-0.25, -0.2) is 0 Å². The van der Waals surface area contributed by atoms with Crippen molar-refractivity contribution in [3.05, 3.63) is 28.8 Å². The van der Waals surface area contributed by atoms with E-state index >= 15 is 0 Å². The summed E-state index contributed by atoms with van der Waals surface area (Å²) in [5, 5.41) is 3.37. The van der Waals surface area contributed by atoms with E-state index in [0.717, 1.165) is 23.4 Å². The number of aryl methyl sites for hydroxylation is 1. The summed E-state index contributed by atoms with van der Waals surface area (Å²) in [5.41, 5.74) is 3.48. The fourth-order valence-corrected chi connectivity index (χ4v) is 2.66. The van der Waals surface area contributed by atoms with Gasteiger partial charge in [-0.05, 0) is 43.5 Å². The van der Waals surface area contributed by atoms with E-state index < -0.39 is 5.91 Å². The van der Waals surface area contributed by atoms with Crippen molar-refractivity contribution < 1.29 is 9.59 Å². The first kappa shape index (κ1) is 15.7. The van der Waals surface area contributed by atoms with Gasteiger partial charge in [-0.1, -0.05) is 26.8 Å². The van der Waals surface area contributed by atoms with Crippen molar-refractivity contribution in [1.82, 2.24) is 5.32 Å². The smallest absolute Gasteiger partial charge is 0.299 e. The fraction of sp³-hybridized carbons (Fsp3) is 0.529. The molecule has 1 aliphatic rings. The Kier molecular flexibility index (Phi) is 4.47. The lowest BCUT2D eigenvalue weighted by Gasteiger charge is -2.24. The zero-order valence-corrected chi connectivity index (χ0v) is 13.5. The van der Waals surface area contributed by atoms with E-state index in [1.807, 2.05) is 19.9 Å². The lowest BCUT2D eigenvalue weighted by molar-refractivity contribution is -0.114. The van der Waals surface area contributed by atoms with Crippen LogP contribution in [0.5, 0.6) is 0 Å². The third-order valence-electron chi connectivity index (χ3n) is 4.02. The standard InChI is InChI=1S/C17H24N2O2/c1-10(2)18-8-11(3)9-19-15-13(5)12(4)6-7-14(15)16(20)17(19)21/h6-7,10-11,18H,8-9H2,1-5H3. The Bertz CT molecular complexity index is 578. The highest BCUT2D eigenvalue weighted by molar-refractivity contribution is 6.52. The monoisotopic (exact) mass is 288 g/mol. The highest BCUT2D eigenvalue weighted by atomic mass is 16.2. The van der Waals surface area contributed by atoms with Crippen LogP contribution in [0.1, 0.15) is 42.3 Å². The van der Waals surface area contributed by atoms with Crippen LogP contribution < -0.4 is 10.2 Å². The topological polar surface area (TPSA) is 49.4 Å².